The molecule has 1 atom stereocenters. The van der Waals surface area contributed by atoms with Crippen LogP contribution in [0.4, 0.5) is 10.5 Å². The van der Waals surface area contributed by atoms with Crippen LogP contribution in [0.1, 0.15) is 29.9 Å². The Bertz CT molecular complexity index is 674. The van der Waals surface area contributed by atoms with E-state index >= 15 is 0 Å². The fraction of sp³-hybridized carbons (Fsp3) is 0.471. The number of nitrogens with one attached hydrogen (secondary N) is 2. The Morgan fingerprint density at radius 3 is 3.04 bits per heavy atom. The zero-order valence-electron chi connectivity index (χ0n) is 13.6. The van der Waals surface area contributed by atoms with Gasteiger partial charge < -0.3 is 20.3 Å². The van der Waals surface area contributed by atoms with Crippen molar-refractivity contribution in [3.63, 3.8) is 0 Å². The number of ether oxygens (including phenoxy) is 1. The highest BCUT2D eigenvalue weighted by molar-refractivity contribution is 6.05. The van der Waals surface area contributed by atoms with E-state index in [4.69, 9.17) is 4.74 Å². The summed E-state index contributed by atoms with van der Waals surface area (Å²) in [5.74, 6) is -0.806. The van der Waals surface area contributed by atoms with Crippen LogP contribution in [0.25, 0.3) is 0 Å². The molecule has 1 saturated heterocycles. The number of amides is 3. The van der Waals surface area contributed by atoms with Gasteiger partial charge in [0.1, 0.15) is 0 Å². The van der Waals surface area contributed by atoms with Gasteiger partial charge in [-0.05, 0) is 30.5 Å². The average Bonchev–Trinajstić information content (AvgIpc) is 2.84. The van der Waals surface area contributed by atoms with Gasteiger partial charge in [-0.15, -0.1) is 0 Å². The number of anilines is 1. The van der Waals surface area contributed by atoms with E-state index in [9.17, 15) is 14.4 Å². The van der Waals surface area contributed by atoms with Gasteiger partial charge >= 0.3 is 6.09 Å². The van der Waals surface area contributed by atoms with Crippen molar-refractivity contribution in [3.05, 3.63) is 29.3 Å². The monoisotopic (exact) mass is 331 g/mol. The second-order valence-electron chi connectivity index (χ2n) is 6.14. The lowest BCUT2D eigenvalue weighted by Crippen LogP contribution is -2.42. The second kappa shape index (κ2) is 6.90. The molecule has 2 N–H and O–H groups in total. The topological polar surface area (TPSA) is 87.7 Å². The fourth-order valence-electron chi connectivity index (χ4n) is 3.03. The van der Waals surface area contributed by atoms with E-state index in [0.29, 0.717) is 26.2 Å². The third-order valence-electron chi connectivity index (χ3n) is 4.31. The molecule has 0 bridgehead atoms. The van der Waals surface area contributed by atoms with Crippen LogP contribution >= 0.6 is 0 Å². The Kier molecular flexibility index (Phi) is 4.69. The minimum atomic E-state index is -0.458. The first-order valence-electron chi connectivity index (χ1n) is 8.14. The Labute approximate surface area is 140 Å². The summed E-state index contributed by atoms with van der Waals surface area (Å²) in [5.41, 5.74) is 2.71. The summed E-state index contributed by atoms with van der Waals surface area (Å²) in [4.78, 5) is 37.3. The van der Waals surface area contributed by atoms with Gasteiger partial charge in [-0.1, -0.05) is 12.1 Å². The number of fused-ring (bicyclic) bond motifs is 1. The van der Waals surface area contributed by atoms with Crippen molar-refractivity contribution in [2.75, 3.05) is 31.6 Å². The molecule has 0 unspecified atom stereocenters. The predicted molar refractivity (Wildman–Crippen MR) is 87.7 cm³/mol. The number of benzene rings is 1. The Morgan fingerprint density at radius 2 is 2.25 bits per heavy atom. The zero-order chi connectivity index (χ0) is 17.1. The SMILES string of the molecule is Cc1ccc2c(c1)NC(=O)[C@@H]2CC(=O)NCCN1CCCOC1=O. The molecule has 1 aromatic carbocycles. The Hall–Kier alpha value is -2.57. The molecule has 24 heavy (non-hydrogen) atoms. The summed E-state index contributed by atoms with van der Waals surface area (Å²) in [6.07, 6.45) is 0.569. The van der Waals surface area contributed by atoms with E-state index in [2.05, 4.69) is 10.6 Å². The van der Waals surface area contributed by atoms with Gasteiger partial charge in [0.25, 0.3) is 0 Å². The highest BCUT2D eigenvalue weighted by atomic mass is 16.6. The Morgan fingerprint density at radius 1 is 1.42 bits per heavy atom. The number of carbonyl (C=O) groups is 3. The first-order chi connectivity index (χ1) is 11.5. The summed E-state index contributed by atoms with van der Waals surface area (Å²) in [6.45, 7) is 3.82. The molecule has 0 saturated carbocycles. The summed E-state index contributed by atoms with van der Waals surface area (Å²) >= 11 is 0. The zero-order valence-corrected chi connectivity index (χ0v) is 13.6. The van der Waals surface area contributed by atoms with Gasteiger partial charge in [-0.25, -0.2) is 4.79 Å². The van der Waals surface area contributed by atoms with Gasteiger partial charge in [0, 0.05) is 31.7 Å². The molecular weight excluding hydrogens is 310 g/mol. The molecule has 3 amide bonds. The molecule has 2 aliphatic heterocycles. The van der Waals surface area contributed by atoms with Crippen LogP contribution in [0.15, 0.2) is 18.2 Å². The van der Waals surface area contributed by atoms with Crippen molar-refractivity contribution in [2.45, 2.75) is 25.7 Å². The molecule has 0 aromatic heterocycles. The number of rotatable bonds is 5. The molecule has 0 radical (unpaired) electrons. The van der Waals surface area contributed by atoms with Gasteiger partial charge in [0.2, 0.25) is 11.8 Å². The van der Waals surface area contributed by atoms with Crippen LogP contribution in [0.5, 0.6) is 0 Å². The summed E-state index contributed by atoms with van der Waals surface area (Å²) in [6, 6.07) is 5.74. The van der Waals surface area contributed by atoms with Crippen LogP contribution in [0.2, 0.25) is 0 Å². The normalized spacial score (nSPS) is 19.5. The van der Waals surface area contributed by atoms with E-state index < -0.39 is 5.92 Å². The smallest absolute Gasteiger partial charge is 0.409 e. The van der Waals surface area contributed by atoms with Crippen molar-refractivity contribution in [2.24, 2.45) is 0 Å². The molecule has 7 heteroatoms. The minimum Gasteiger partial charge on any atom is -0.449 e. The summed E-state index contributed by atoms with van der Waals surface area (Å²) in [5, 5.41) is 5.59. The first kappa shape index (κ1) is 16.3. The van der Waals surface area contributed by atoms with Crippen LogP contribution in [0.3, 0.4) is 0 Å². The molecule has 128 valence electrons. The average molecular weight is 331 g/mol. The molecule has 2 aliphatic rings. The van der Waals surface area contributed by atoms with Crippen molar-refractivity contribution in [1.29, 1.82) is 0 Å². The lowest BCUT2D eigenvalue weighted by molar-refractivity contribution is -0.125. The number of cyclic esters (lactones) is 1. The minimum absolute atomic E-state index is 0.104. The van der Waals surface area contributed by atoms with Crippen molar-refractivity contribution >= 4 is 23.6 Å². The number of hydrogen-bond acceptors (Lipinski definition) is 4. The van der Waals surface area contributed by atoms with Gasteiger partial charge in [0.15, 0.2) is 0 Å². The standard InChI is InChI=1S/C17H21N3O4/c1-11-3-4-12-13(16(22)19-14(12)9-11)10-15(21)18-5-7-20-6-2-8-24-17(20)23/h3-4,9,13H,2,5-8,10H2,1H3,(H,18,21)(H,19,22)/t13-/m1/s1. The maximum atomic E-state index is 12.1. The Balaban J connectivity index is 1.50. The lowest BCUT2D eigenvalue weighted by atomic mass is 9.96. The predicted octanol–water partition coefficient (Wildman–Crippen LogP) is 1.38. The van der Waals surface area contributed by atoms with E-state index in [1.165, 1.54) is 0 Å². The lowest BCUT2D eigenvalue weighted by Gasteiger charge is -2.26. The number of aryl methyl sites for hydroxylation is 1. The van der Waals surface area contributed by atoms with E-state index in [1.54, 1.807) is 4.90 Å². The molecule has 2 heterocycles. The van der Waals surface area contributed by atoms with Gasteiger partial charge in [-0.3, -0.25) is 9.59 Å². The van der Waals surface area contributed by atoms with Gasteiger partial charge in [0.05, 0.1) is 12.5 Å². The van der Waals surface area contributed by atoms with E-state index in [0.717, 1.165) is 23.2 Å². The highest BCUT2D eigenvalue weighted by Crippen LogP contribution is 2.35. The maximum Gasteiger partial charge on any atom is 0.409 e. The van der Waals surface area contributed by atoms with Crippen molar-refractivity contribution in [3.8, 4) is 0 Å². The largest absolute Gasteiger partial charge is 0.449 e. The summed E-state index contributed by atoms with van der Waals surface area (Å²) in [7, 11) is 0. The number of hydrogen-bond donors (Lipinski definition) is 2. The third-order valence-corrected chi connectivity index (χ3v) is 4.31. The number of carbonyl (C=O) groups excluding carboxylic acids is 3. The number of nitrogens with zero attached hydrogens (tertiary/aromatic N) is 1. The van der Waals surface area contributed by atoms with E-state index in [-0.39, 0.29) is 24.3 Å². The van der Waals surface area contributed by atoms with E-state index in [1.807, 2.05) is 25.1 Å². The van der Waals surface area contributed by atoms with Gasteiger partial charge in [-0.2, -0.15) is 0 Å². The third kappa shape index (κ3) is 3.50. The molecular formula is C17H21N3O4. The quantitative estimate of drug-likeness (QED) is 0.853. The first-order valence-corrected chi connectivity index (χ1v) is 8.14. The molecule has 0 aliphatic carbocycles. The van der Waals surface area contributed by atoms with Crippen molar-refractivity contribution in [1.82, 2.24) is 10.2 Å². The van der Waals surface area contributed by atoms with Crippen molar-refractivity contribution < 1.29 is 19.1 Å². The van der Waals surface area contributed by atoms with Crippen LogP contribution in [-0.2, 0) is 14.3 Å². The summed E-state index contributed by atoms with van der Waals surface area (Å²) < 4.78 is 4.94. The van der Waals surface area contributed by atoms with Crippen LogP contribution in [-0.4, -0.2) is 49.0 Å². The molecule has 1 fully saturated rings. The fourth-order valence-corrected chi connectivity index (χ4v) is 3.03. The molecule has 1 aromatic rings. The molecule has 7 nitrogen and oxygen atoms in total. The molecule has 3 rings (SSSR count). The second-order valence-corrected chi connectivity index (χ2v) is 6.14. The van der Waals surface area contributed by atoms with Crippen LogP contribution in [0, 0.1) is 6.92 Å². The molecule has 0 spiro atoms. The maximum absolute atomic E-state index is 12.1. The highest BCUT2D eigenvalue weighted by Gasteiger charge is 2.32. The van der Waals surface area contributed by atoms with Crippen LogP contribution < -0.4 is 10.6 Å².